The van der Waals surface area contributed by atoms with Crippen LogP contribution in [-0.2, 0) is 0 Å². The largest absolute Gasteiger partial charge is 0.471 e. The maximum atomic E-state index is 11.8. The number of rotatable bonds is 4. The molecule has 1 saturated heterocycles. The number of amides is 1. The van der Waals surface area contributed by atoms with Crippen molar-refractivity contribution in [2.75, 3.05) is 13.1 Å². The minimum absolute atomic E-state index is 0.0413. The fraction of sp³-hybridized carbons (Fsp3) is 0.278. The zero-order valence-corrected chi connectivity index (χ0v) is 15.4. The smallest absolute Gasteiger partial charge is 0.270 e. The summed E-state index contributed by atoms with van der Waals surface area (Å²) in [7, 11) is 0. The number of nitrogens with zero attached hydrogens (tertiary/aromatic N) is 2. The molecular weight excluding hydrogens is 372 g/mol. The van der Waals surface area contributed by atoms with E-state index in [0.717, 1.165) is 41.8 Å². The summed E-state index contributed by atoms with van der Waals surface area (Å²) >= 11 is 7.42. The van der Waals surface area contributed by atoms with Gasteiger partial charge in [0, 0.05) is 16.4 Å². The van der Waals surface area contributed by atoms with Gasteiger partial charge in [-0.3, -0.25) is 4.79 Å². The second-order valence-corrected chi connectivity index (χ2v) is 7.65. The van der Waals surface area contributed by atoms with Gasteiger partial charge in [0.2, 0.25) is 5.88 Å². The summed E-state index contributed by atoms with van der Waals surface area (Å²) in [6.45, 7) is 1.77. The molecule has 26 heavy (non-hydrogen) atoms. The third kappa shape index (κ3) is 3.38. The van der Waals surface area contributed by atoms with E-state index in [1.165, 1.54) is 11.3 Å². The van der Waals surface area contributed by atoms with Crippen LogP contribution in [0.2, 0.25) is 5.02 Å². The van der Waals surface area contributed by atoms with E-state index in [1.54, 1.807) is 0 Å². The van der Waals surface area contributed by atoms with E-state index in [1.807, 2.05) is 30.3 Å². The Morgan fingerprint density at radius 2 is 2.12 bits per heavy atom. The fourth-order valence-corrected chi connectivity index (χ4v) is 4.27. The molecule has 3 aromatic rings. The van der Waals surface area contributed by atoms with Gasteiger partial charge in [0.05, 0.1) is 10.1 Å². The Morgan fingerprint density at radius 1 is 1.31 bits per heavy atom. The molecule has 1 aliphatic heterocycles. The van der Waals surface area contributed by atoms with Crippen LogP contribution in [0.5, 0.6) is 5.88 Å². The van der Waals surface area contributed by atoms with Crippen molar-refractivity contribution in [2.24, 2.45) is 5.73 Å². The molecule has 0 spiro atoms. The van der Waals surface area contributed by atoms with E-state index in [0.29, 0.717) is 15.6 Å². The van der Waals surface area contributed by atoms with Crippen LogP contribution in [0, 0.1) is 0 Å². The normalized spacial score (nSPS) is 17.3. The molecule has 134 valence electrons. The summed E-state index contributed by atoms with van der Waals surface area (Å²) in [6, 6.07) is 9.50. The first-order chi connectivity index (χ1) is 12.6. The molecule has 1 aliphatic rings. The number of thiophene rings is 1. The lowest BCUT2D eigenvalue weighted by atomic mass is 10.1. The van der Waals surface area contributed by atoms with Crippen LogP contribution >= 0.6 is 22.9 Å². The molecule has 6 nitrogen and oxygen atoms in total. The zero-order chi connectivity index (χ0) is 18.1. The van der Waals surface area contributed by atoms with Crippen molar-refractivity contribution in [2.45, 2.75) is 18.9 Å². The van der Waals surface area contributed by atoms with Gasteiger partial charge >= 0.3 is 0 Å². The van der Waals surface area contributed by atoms with Gasteiger partial charge in [-0.15, -0.1) is 21.5 Å². The fourth-order valence-electron chi connectivity index (χ4n) is 3.00. The van der Waals surface area contributed by atoms with Crippen molar-refractivity contribution in [3.05, 3.63) is 41.0 Å². The lowest BCUT2D eigenvalue weighted by Gasteiger charge is -2.23. The van der Waals surface area contributed by atoms with Crippen LogP contribution in [0.25, 0.3) is 20.5 Å². The molecule has 0 aliphatic carbocycles. The van der Waals surface area contributed by atoms with E-state index in [4.69, 9.17) is 22.1 Å². The number of hydrogen-bond donors (Lipinski definition) is 2. The minimum Gasteiger partial charge on any atom is -0.471 e. The SMILES string of the molecule is NC(=O)c1nnc(OC2CCCNC2)c2cc(-c3ccc(Cl)cc3)sc12. The number of piperidine rings is 1. The topological polar surface area (TPSA) is 90.1 Å². The first kappa shape index (κ1) is 17.2. The molecule has 1 aromatic carbocycles. The molecule has 1 unspecified atom stereocenters. The summed E-state index contributed by atoms with van der Waals surface area (Å²) in [6.07, 6.45) is 2.06. The lowest BCUT2D eigenvalue weighted by Crippen LogP contribution is -2.37. The van der Waals surface area contributed by atoms with Gasteiger partial charge in [0.25, 0.3) is 5.91 Å². The number of halogens is 1. The summed E-state index contributed by atoms with van der Waals surface area (Å²) in [5.74, 6) is -0.159. The first-order valence-corrected chi connectivity index (χ1v) is 9.54. The molecule has 8 heteroatoms. The van der Waals surface area contributed by atoms with Crippen LogP contribution in [-0.4, -0.2) is 35.3 Å². The quantitative estimate of drug-likeness (QED) is 0.716. The van der Waals surface area contributed by atoms with Crippen LogP contribution in [0.4, 0.5) is 0 Å². The molecular formula is C18H17ClN4O2S. The van der Waals surface area contributed by atoms with Crippen LogP contribution in [0.3, 0.4) is 0 Å². The number of ether oxygens (including phenoxy) is 1. The van der Waals surface area contributed by atoms with Gasteiger partial charge in [-0.1, -0.05) is 23.7 Å². The highest BCUT2D eigenvalue weighted by molar-refractivity contribution is 7.22. The van der Waals surface area contributed by atoms with Crippen LogP contribution < -0.4 is 15.8 Å². The number of aromatic nitrogens is 2. The average molecular weight is 389 g/mol. The highest BCUT2D eigenvalue weighted by Gasteiger charge is 2.21. The summed E-state index contributed by atoms with van der Waals surface area (Å²) < 4.78 is 6.76. The van der Waals surface area contributed by atoms with Crippen molar-refractivity contribution < 1.29 is 9.53 Å². The standard InChI is InChI=1S/C18H17ClN4O2S/c19-11-5-3-10(4-6-11)14-8-13-16(26-14)15(17(20)24)22-23-18(13)25-12-2-1-7-21-9-12/h3-6,8,12,21H,1-2,7,9H2,(H2,20,24). The van der Waals surface area contributed by atoms with Crippen molar-refractivity contribution in [1.82, 2.24) is 15.5 Å². The second kappa shape index (κ2) is 7.19. The maximum absolute atomic E-state index is 11.8. The number of carbonyl (C=O) groups excluding carboxylic acids is 1. The van der Waals surface area contributed by atoms with Crippen molar-refractivity contribution in [1.29, 1.82) is 0 Å². The molecule has 1 atom stereocenters. The van der Waals surface area contributed by atoms with Gasteiger partial charge in [-0.2, -0.15) is 0 Å². The Bertz CT molecular complexity index is 952. The van der Waals surface area contributed by atoms with E-state index in [2.05, 4.69) is 15.5 Å². The summed E-state index contributed by atoms with van der Waals surface area (Å²) in [4.78, 5) is 12.7. The number of benzene rings is 1. The molecule has 4 rings (SSSR count). The number of hydrogen-bond acceptors (Lipinski definition) is 6. The third-order valence-electron chi connectivity index (χ3n) is 4.31. The number of nitrogens with two attached hydrogens (primary N) is 1. The molecule has 1 amide bonds. The van der Waals surface area contributed by atoms with Crippen molar-refractivity contribution in [3.63, 3.8) is 0 Å². The number of fused-ring (bicyclic) bond motifs is 1. The molecule has 3 N–H and O–H groups in total. The second-order valence-electron chi connectivity index (χ2n) is 6.16. The summed E-state index contributed by atoms with van der Waals surface area (Å²) in [5.41, 5.74) is 6.64. The monoisotopic (exact) mass is 388 g/mol. The van der Waals surface area contributed by atoms with Gasteiger partial charge in [-0.25, -0.2) is 0 Å². The first-order valence-electron chi connectivity index (χ1n) is 8.35. The van der Waals surface area contributed by atoms with E-state index in [9.17, 15) is 4.79 Å². The molecule has 3 heterocycles. The highest BCUT2D eigenvalue weighted by Crippen LogP contribution is 2.38. The van der Waals surface area contributed by atoms with Gasteiger partial charge in [-0.05, 0) is 43.1 Å². The molecule has 0 saturated carbocycles. The Balaban J connectivity index is 1.78. The van der Waals surface area contributed by atoms with E-state index in [-0.39, 0.29) is 11.8 Å². The Kier molecular flexibility index (Phi) is 4.76. The van der Waals surface area contributed by atoms with Crippen molar-refractivity contribution in [3.8, 4) is 16.3 Å². The summed E-state index contributed by atoms with van der Waals surface area (Å²) in [5, 5.41) is 12.9. The van der Waals surface area contributed by atoms with Gasteiger partial charge in [0.15, 0.2) is 5.69 Å². The predicted octanol–water partition coefficient (Wildman–Crippen LogP) is 3.24. The molecule has 1 fully saturated rings. The zero-order valence-electron chi connectivity index (χ0n) is 13.9. The number of primary amides is 1. The predicted molar refractivity (Wildman–Crippen MR) is 103 cm³/mol. The van der Waals surface area contributed by atoms with Gasteiger partial charge in [0.1, 0.15) is 6.10 Å². The third-order valence-corrected chi connectivity index (χ3v) is 5.75. The Labute approximate surface area is 159 Å². The van der Waals surface area contributed by atoms with Crippen LogP contribution in [0.15, 0.2) is 30.3 Å². The van der Waals surface area contributed by atoms with E-state index < -0.39 is 5.91 Å². The molecule has 0 radical (unpaired) electrons. The Hall–Kier alpha value is -2.22. The van der Waals surface area contributed by atoms with E-state index >= 15 is 0 Å². The number of nitrogens with one attached hydrogen (secondary N) is 1. The van der Waals surface area contributed by atoms with Crippen LogP contribution in [0.1, 0.15) is 23.3 Å². The highest BCUT2D eigenvalue weighted by atomic mass is 35.5. The Morgan fingerprint density at radius 3 is 2.81 bits per heavy atom. The lowest BCUT2D eigenvalue weighted by molar-refractivity contribution is 0.0996. The average Bonchev–Trinajstić information content (AvgIpc) is 3.09. The molecule has 2 aromatic heterocycles. The van der Waals surface area contributed by atoms with Crippen molar-refractivity contribution >= 4 is 38.9 Å². The maximum Gasteiger partial charge on any atom is 0.270 e. The van der Waals surface area contributed by atoms with Gasteiger partial charge < -0.3 is 15.8 Å². The minimum atomic E-state index is -0.599. The number of carbonyl (C=O) groups is 1. The molecule has 0 bridgehead atoms.